The van der Waals surface area contributed by atoms with E-state index in [1.54, 1.807) is 31.4 Å². The highest BCUT2D eigenvalue weighted by atomic mass is 32.2. The summed E-state index contributed by atoms with van der Waals surface area (Å²) < 4.78 is 28.3. The molecule has 1 N–H and O–H groups in total. The van der Waals surface area contributed by atoms with Gasteiger partial charge in [-0.3, -0.25) is 0 Å². The van der Waals surface area contributed by atoms with Crippen LogP contribution in [0.4, 0.5) is 0 Å². The van der Waals surface area contributed by atoms with Gasteiger partial charge in [0, 0.05) is 6.26 Å². The second kappa shape index (κ2) is 5.87. The SMILES string of the molecule is COc1ccc(C(O)c2cccc(S(C)(=O)=O)c2)c(C)c1. The van der Waals surface area contributed by atoms with Crippen molar-refractivity contribution in [3.8, 4) is 5.75 Å². The molecule has 0 aliphatic rings. The molecule has 0 radical (unpaired) electrons. The van der Waals surface area contributed by atoms with E-state index in [2.05, 4.69) is 0 Å². The van der Waals surface area contributed by atoms with Crippen molar-refractivity contribution < 1.29 is 18.3 Å². The highest BCUT2D eigenvalue weighted by Crippen LogP contribution is 2.28. The summed E-state index contributed by atoms with van der Waals surface area (Å²) in [4.78, 5) is 0.199. The fraction of sp³-hybridized carbons (Fsp3) is 0.250. The van der Waals surface area contributed by atoms with E-state index in [1.165, 1.54) is 12.1 Å². The maximum Gasteiger partial charge on any atom is 0.175 e. The number of aliphatic hydroxyl groups is 1. The summed E-state index contributed by atoms with van der Waals surface area (Å²) in [5.74, 6) is 0.716. The van der Waals surface area contributed by atoms with E-state index in [1.807, 2.05) is 13.0 Å². The minimum atomic E-state index is -3.29. The van der Waals surface area contributed by atoms with Crippen LogP contribution in [0.3, 0.4) is 0 Å². The average molecular weight is 306 g/mol. The zero-order valence-electron chi connectivity index (χ0n) is 12.2. The van der Waals surface area contributed by atoms with E-state index in [0.717, 1.165) is 17.4 Å². The van der Waals surface area contributed by atoms with E-state index in [-0.39, 0.29) is 4.90 Å². The smallest absolute Gasteiger partial charge is 0.175 e. The van der Waals surface area contributed by atoms with E-state index < -0.39 is 15.9 Å². The lowest BCUT2D eigenvalue weighted by Gasteiger charge is -2.15. The van der Waals surface area contributed by atoms with Crippen LogP contribution in [0, 0.1) is 6.92 Å². The van der Waals surface area contributed by atoms with E-state index >= 15 is 0 Å². The second-order valence-electron chi connectivity index (χ2n) is 4.97. The first-order valence-electron chi connectivity index (χ1n) is 6.45. The van der Waals surface area contributed by atoms with Gasteiger partial charge in [-0.2, -0.15) is 0 Å². The number of aryl methyl sites for hydroxylation is 1. The molecule has 21 heavy (non-hydrogen) atoms. The van der Waals surface area contributed by atoms with Gasteiger partial charge in [-0.1, -0.05) is 18.2 Å². The monoisotopic (exact) mass is 306 g/mol. The van der Waals surface area contributed by atoms with Gasteiger partial charge in [0.05, 0.1) is 12.0 Å². The number of rotatable bonds is 4. The Labute approximate surface area is 124 Å². The van der Waals surface area contributed by atoms with Gasteiger partial charge in [-0.05, 0) is 47.9 Å². The summed E-state index contributed by atoms with van der Waals surface area (Å²) >= 11 is 0. The number of methoxy groups -OCH3 is 1. The maximum atomic E-state index is 11.6. The number of aliphatic hydroxyl groups excluding tert-OH is 1. The standard InChI is InChI=1S/C16H18O4S/c1-11-9-13(20-2)7-8-15(11)16(17)12-5-4-6-14(10-12)21(3,18)19/h4-10,16-17H,1-3H3. The van der Waals surface area contributed by atoms with E-state index in [9.17, 15) is 13.5 Å². The second-order valence-corrected chi connectivity index (χ2v) is 6.99. The minimum absolute atomic E-state index is 0.199. The lowest BCUT2D eigenvalue weighted by atomic mass is 9.97. The molecule has 2 aromatic rings. The van der Waals surface area contributed by atoms with Gasteiger partial charge in [0.15, 0.2) is 9.84 Å². The molecule has 0 heterocycles. The first-order valence-corrected chi connectivity index (χ1v) is 8.34. The minimum Gasteiger partial charge on any atom is -0.497 e. The number of benzene rings is 2. The molecule has 0 aliphatic heterocycles. The Kier molecular flexibility index (Phi) is 4.34. The molecule has 4 nitrogen and oxygen atoms in total. The molecule has 1 unspecified atom stereocenters. The molecule has 0 bridgehead atoms. The first-order chi connectivity index (χ1) is 9.82. The highest BCUT2D eigenvalue weighted by molar-refractivity contribution is 7.90. The van der Waals surface area contributed by atoms with Crippen LogP contribution >= 0.6 is 0 Å². The number of sulfone groups is 1. The summed E-state index contributed by atoms with van der Waals surface area (Å²) in [6.07, 6.45) is 0.273. The number of ether oxygens (including phenoxy) is 1. The van der Waals surface area contributed by atoms with Gasteiger partial charge in [0.1, 0.15) is 11.9 Å². The molecule has 2 aromatic carbocycles. The third-order valence-corrected chi connectivity index (χ3v) is 4.48. The maximum absolute atomic E-state index is 11.6. The molecule has 1 atom stereocenters. The molecule has 0 spiro atoms. The Hall–Kier alpha value is -1.85. The van der Waals surface area contributed by atoms with Crippen molar-refractivity contribution in [2.45, 2.75) is 17.9 Å². The predicted octanol–water partition coefficient (Wildman–Crippen LogP) is 2.49. The summed E-state index contributed by atoms with van der Waals surface area (Å²) in [6.45, 7) is 1.88. The van der Waals surface area contributed by atoms with Crippen molar-refractivity contribution in [3.63, 3.8) is 0 Å². The normalized spacial score (nSPS) is 13.0. The third-order valence-electron chi connectivity index (χ3n) is 3.37. The first kappa shape index (κ1) is 15.5. The van der Waals surface area contributed by atoms with Gasteiger partial charge < -0.3 is 9.84 Å². The van der Waals surface area contributed by atoms with Crippen molar-refractivity contribution in [1.82, 2.24) is 0 Å². The van der Waals surface area contributed by atoms with E-state index in [4.69, 9.17) is 4.74 Å². The van der Waals surface area contributed by atoms with Gasteiger partial charge in [-0.25, -0.2) is 8.42 Å². The van der Waals surface area contributed by atoms with Crippen molar-refractivity contribution in [1.29, 1.82) is 0 Å². The molecule has 2 rings (SSSR count). The summed E-state index contributed by atoms with van der Waals surface area (Å²) in [7, 11) is -1.71. The van der Waals surface area contributed by atoms with Crippen LogP contribution in [0.1, 0.15) is 22.8 Å². The zero-order chi connectivity index (χ0) is 15.6. The molecule has 112 valence electrons. The Bertz CT molecular complexity index is 751. The van der Waals surface area contributed by atoms with Gasteiger partial charge >= 0.3 is 0 Å². The predicted molar refractivity (Wildman–Crippen MR) is 81.3 cm³/mol. The lowest BCUT2D eigenvalue weighted by Crippen LogP contribution is -2.04. The van der Waals surface area contributed by atoms with Crippen LogP contribution in [-0.2, 0) is 9.84 Å². The van der Waals surface area contributed by atoms with Crippen molar-refractivity contribution in [2.24, 2.45) is 0 Å². The highest BCUT2D eigenvalue weighted by Gasteiger charge is 2.16. The molecule has 0 saturated carbocycles. The lowest BCUT2D eigenvalue weighted by molar-refractivity contribution is 0.219. The molecule has 5 heteroatoms. The topological polar surface area (TPSA) is 63.6 Å². The van der Waals surface area contributed by atoms with Gasteiger partial charge in [0.2, 0.25) is 0 Å². The Morgan fingerprint density at radius 3 is 2.43 bits per heavy atom. The van der Waals surface area contributed by atoms with Crippen LogP contribution in [0.2, 0.25) is 0 Å². The Morgan fingerprint density at radius 1 is 1.14 bits per heavy atom. The third kappa shape index (κ3) is 3.43. The van der Waals surface area contributed by atoms with Crippen LogP contribution in [-0.4, -0.2) is 26.9 Å². The van der Waals surface area contributed by atoms with Gasteiger partial charge in [-0.15, -0.1) is 0 Å². The molecular weight excluding hydrogens is 288 g/mol. The number of hydrogen-bond acceptors (Lipinski definition) is 4. The molecule has 0 aliphatic carbocycles. The van der Waals surface area contributed by atoms with E-state index in [0.29, 0.717) is 11.3 Å². The molecule has 0 amide bonds. The summed E-state index contributed by atoms with van der Waals surface area (Å²) in [5, 5.41) is 10.5. The fourth-order valence-corrected chi connectivity index (χ4v) is 2.85. The van der Waals surface area contributed by atoms with Crippen molar-refractivity contribution >= 4 is 9.84 Å². The van der Waals surface area contributed by atoms with Gasteiger partial charge in [0.25, 0.3) is 0 Å². The molecular formula is C16H18O4S. The Morgan fingerprint density at radius 2 is 1.86 bits per heavy atom. The van der Waals surface area contributed by atoms with Crippen LogP contribution < -0.4 is 4.74 Å². The molecule has 0 aromatic heterocycles. The quantitative estimate of drug-likeness (QED) is 0.942. The Balaban J connectivity index is 2.43. The zero-order valence-corrected chi connectivity index (χ0v) is 13.0. The fourth-order valence-electron chi connectivity index (χ4n) is 2.18. The van der Waals surface area contributed by atoms with Crippen LogP contribution in [0.15, 0.2) is 47.4 Å². The summed E-state index contributed by atoms with van der Waals surface area (Å²) in [5.41, 5.74) is 2.15. The summed E-state index contributed by atoms with van der Waals surface area (Å²) in [6, 6.07) is 11.8. The molecule has 0 fully saturated rings. The van der Waals surface area contributed by atoms with Crippen LogP contribution in [0.5, 0.6) is 5.75 Å². The van der Waals surface area contributed by atoms with Crippen molar-refractivity contribution in [3.05, 3.63) is 59.2 Å². The van der Waals surface area contributed by atoms with Crippen molar-refractivity contribution in [2.75, 3.05) is 13.4 Å². The average Bonchev–Trinajstić information content (AvgIpc) is 2.45. The number of hydrogen-bond donors (Lipinski definition) is 1. The van der Waals surface area contributed by atoms with Crippen LogP contribution in [0.25, 0.3) is 0 Å². The molecule has 0 saturated heterocycles. The largest absolute Gasteiger partial charge is 0.497 e.